The first-order valence-corrected chi connectivity index (χ1v) is 4.28. The summed E-state index contributed by atoms with van der Waals surface area (Å²) in [5, 5.41) is 4.12. The van der Waals surface area contributed by atoms with Crippen LogP contribution in [0.25, 0.3) is 5.69 Å². The lowest BCUT2D eigenvalue weighted by molar-refractivity contribution is 0.832. The van der Waals surface area contributed by atoms with E-state index in [1.807, 2.05) is 13.8 Å². The van der Waals surface area contributed by atoms with E-state index in [1.165, 1.54) is 0 Å². The summed E-state index contributed by atoms with van der Waals surface area (Å²) in [7, 11) is 0. The number of nitrogens with two attached hydrogens (primary N) is 1. The fraction of sp³-hybridized carbons (Fsp3) is 0.222. The zero-order valence-corrected chi connectivity index (χ0v) is 8.10. The lowest BCUT2D eigenvalue weighted by atomic mass is 10.4. The minimum absolute atomic E-state index is 0.503. The molecule has 0 amide bonds. The van der Waals surface area contributed by atoms with E-state index in [1.54, 1.807) is 23.1 Å². The van der Waals surface area contributed by atoms with Gasteiger partial charge >= 0.3 is 0 Å². The lowest BCUT2D eigenvalue weighted by Gasteiger charge is -2.02. The Morgan fingerprint density at radius 1 is 1.21 bits per heavy atom. The summed E-state index contributed by atoms with van der Waals surface area (Å²) in [4.78, 5) is 8.19. The average molecular weight is 189 g/mol. The Morgan fingerprint density at radius 2 is 1.86 bits per heavy atom. The standard InChI is InChI=1S/C9H11N5/c1-6-3-9(10)13-14(6)8-4-11-7(2)12-5-8/h3-5H,1-2H3,(H2,10,13). The number of anilines is 1. The van der Waals surface area contributed by atoms with Crippen LogP contribution in [0.5, 0.6) is 0 Å². The third-order valence-corrected chi connectivity index (χ3v) is 1.92. The first kappa shape index (κ1) is 8.68. The number of aromatic nitrogens is 4. The van der Waals surface area contributed by atoms with Gasteiger partial charge in [-0.2, -0.15) is 5.10 Å². The Morgan fingerprint density at radius 3 is 2.36 bits per heavy atom. The van der Waals surface area contributed by atoms with Gasteiger partial charge < -0.3 is 5.73 Å². The second-order valence-electron chi connectivity index (χ2n) is 3.11. The maximum atomic E-state index is 5.57. The Bertz CT molecular complexity index is 443. The van der Waals surface area contributed by atoms with Crippen molar-refractivity contribution in [1.82, 2.24) is 19.7 Å². The highest BCUT2D eigenvalue weighted by atomic mass is 15.3. The van der Waals surface area contributed by atoms with E-state index >= 15 is 0 Å². The van der Waals surface area contributed by atoms with Crippen LogP contribution in [0, 0.1) is 13.8 Å². The molecule has 0 spiro atoms. The Labute approximate surface area is 81.6 Å². The highest BCUT2D eigenvalue weighted by molar-refractivity contribution is 5.35. The topological polar surface area (TPSA) is 69.6 Å². The first-order valence-electron chi connectivity index (χ1n) is 4.28. The molecule has 0 aromatic carbocycles. The molecule has 5 heteroatoms. The van der Waals surface area contributed by atoms with E-state index in [0.29, 0.717) is 5.82 Å². The van der Waals surface area contributed by atoms with Gasteiger partial charge in [-0.1, -0.05) is 0 Å². The van der Waals surface area contributed by atoms with Gasteiger partial charge in [0.15, 0.2) is 0 Å². The van der Waals surface area contributed by atoms with Gasteiger partial charge in [-0.15, -0.1) is 0 Å². The summed E-state index contributed by atoms with van der Waals surface area (Å²) in [6.45, 7) is 3.78. The number of nitrogens with zero attached hydrogens (tertiary/aromatic N) is 4. The second kappa shape index (κ2) is 3.10. The summed E-state index contributed by atoms with van der Waals surface area (Å²) in [5.74, 6) is 1.25. The Hall–Kier alpha value is -1.91. The van der Waals surface area contributed by atoms with Gasteiger partial charge in [-0.25, -0.2) is 14.6 Å². The SMILES string of the molecule is Cc1ncc(-n2nc(N)cc2C)cn1. The molecule has 0 aliphatic rings. The number of nitrogen functional groups attached to an aromatic ring is 1. The van der Waals surface area contributed by atoms with Crippen molar-refractivity contribution in [2.45, 2.75) is 13.8 Å². The molecule has 2 rings (SSSR count). The van der Waals surface area contributed by atoms with Gasteiger partial charge in [0.05, 0.1) is 12.4 Å². The van der Waals surface area contributed by atoms with Crippen LogP contribution in [-0.2, 0) is 0 Å². The van der Waals surface area contributed by atoms with E-state index in [2.05, 4.69) is 15.1 Å². The molecule has 0 saturated heterocycles. The normalized spacial score (nSPS) is 10.4. The third kappa shape index (κ3) is 1.44. The van der Waals surface area contributed by atoms with Crippen molar-refractivity contribution in [3.05, 3.63) is 30.0 Å². The first-order chi connectivity index (χ1) is 6.66. The van der Waals surface area contributed by atoms with Gasteiger partial charge in [0.2, 0.25) is 0 Å². The van der Waals surface area contributed by atoms with Gasteiger partial charge in [0.25, 0.3) is 0 Å². The predicted molar refractivity (Wildman–Crippen MR) is 53.0 cm³/mol. The molecule has 0 fully saturated rings. The van der Waals surface area contributed by atoms with E-state index in [-0.39, 0.29) is 0 Å². The molecule has 0 saturated carbocycles. The maximum Gasteiger partial charge on any atom is 0.146 e. The Balaban J connectivity index is 2.49. The summed E-state index contributed by atoms with van der Waals surface area (Å²) >= 11 is 0. The molecule has 0 aliphatic carbocycles. The molecule has 14 heavy (non-hydrogen) atoms. The number of hydrogen-bond acceptors (Lipinski definition) is 4. The van der Waals surface area contributed by atoms with Crippen molar-refractivity contribution in [3.63, 3.8) is 0 Å². The van der Waals surface area contributed by atoms with E-state index in [0.717, 1.165) is 17.2 Å². The molecule has 0 radical (unpaired) electrons. The highest BCUT2D eigenvalue weighted by Gasteiger charge is 2.03. The molecular formula is C9H11N5. The van der Waals surface area contributed by atoms with Crippen LogP contribution in [0.2, 0.25) is 0 Å². The molecule has 2 N–H and O–H groups in total. The molecule has 72 valence electrons. The fourth-order valence-corrected chi connectivity index (χ4v) is 1.25. The summed E-state index contributed by atoms with van der Waals surface area (Å²) in [6, 6.07) is 1.81. The van der Waals surface area contributed by atoms with Crippen LogP contribution in [0.4, 0.5) is 5.82 Å². The molecule has 0 bridgehead atoms. The van der Waals surface area contributed by atoms with Crippen molar-refractivity contribution in [1.29, 1.82) is 0 Å². The monoisotopic (exact) mass is 189 g/mol. The van der Waals surface area contributed by atoms with E-state index < -0.39 is 0 Å². The largest absolute Gasteiger partial charge is 0.382 e. The highest BCUT2D eigenvalue weighted by Crippen LogP contribution is 2.10. The predicted octanol–water partition coefficient (Wildman–Crippen LogP) is 0.861. The molecule has 5 nitrogen and oxygen atoms in total. The summed E-state index contributed by atoms with van der Waals surface area (Å²) < 4.78 is 1.72. The Kier molecular flexibility index (Phi) is 1.92. The van der Waals surface area contributed by atoms with Crippen LogP contribution in [0.3, 0.4) is 0 Å². The molecule has 2 aromatic rings. The number of hydrogen-bond donors (Lipinski definition) is 1. The van der Waals surface area contributed by atoms with Crippen LogP contribution in [0.1, 0.15) is 11.5 Å². The van der Waals surface area contributed by atoms with Gasteiger partial charge in [-0.05, 0) is 13.8 Å². The van der Waals surface area contributed by atoms with Gasteiger partial charge in [0, 0.05) is 11.8 Å². The molecule has 2 heterocycles. The van der Waals surface area contributed by atoms with Crippen molar-refractivity contribution in [2.75, 3.05) is 5.73 Å². The summed E-state index contributed by atoms with van der Waals surface area (Å²) in [6.07, 6.45) is 3.45. The van der Waals surface area contributed by atoms with Crippen molar-refractivity contribution in [2.24, 2.45) is 0 Å². The maximum absolute atomic E-state index is 5.57. The van der Waals surface area contributed by atoms with Crippen molar-refractivity contribution < 1.29 is 0 Å². The van der Waals surface area contributed by atoms with Crippen LogP contribution < -0.4 is 5.73 Å². The molecule has 2 aromatic heterocycles. The van der Waals surface area contributed by atoms with E-state index in [9.17, 15) is 0 Å². The van der Waals surface area contributed by atoms with Gasteiger partial charge in [-0.3, -0.25) is 0 Å². The van der Waals surface area contributed by atoms with Crippen LogP contribution in [0.15, 0.2) is 18.5 Å². The second-order valence-corrected chi connectivity index (χ2v) is 3.11. The van der Waals surface area contributed by atoms with Crippen molar-refractivity contribution >= 4 is 5.82 Å². The minimum Gasteiger partial charge on any atom is -0.382 e. The van der Waals surface area contributed by atoms with Crippen LogP contribution in [-0.4, -0.2) is 19.7 Å². The fourth-order valence-electron chi connectivity index (χ4n) is 1.25. The quantitative estimate of drug-likeness (QED) is 0.722. The summed E-state index contributed by atoms with van der Waals surface area (Å²) in [5.41, 5.74) is 7.37. The number of rotatable bonds is 1. The zero-order valence-electron chi connectivity index (χ0n) is 8.10. The smallest absolute Gasteiger partial charge is 0.146 e. The number of aryl methyl sites for hydroxylation is 2. The molecule has 0 unspecified atom stereocenters. The zero-order chi connectivity index (χ0) is 10.1. The molecule has 0 atom stereocenters. The van der Waals surface area contributed by atoms with Gasteiger partial charge in [0.1, 0.15) is 17.3 Å². The third-order valence-electron chi connectivity index (χ3n) is 1.92. The van der Waals surface area contributed by atoms with Crippen LogP contribution >= 0.6 is 0 Å². The lowest BCUT2D eigenvalue weighted by Crippen LogP contribution is -2.01. The molecular weight excluding hydrogens is 178 g/mol. The molecule has 0 aliphatic heterocycles. The van der Waals surface area contributed by atoms with Crippen molar-refractivity contribution in [3.8, 4) is 5.69 Å². The average Bonchev–Trinajstić information content (AvgIpc) is 2.47. The van der Waals surface area contributed by atoms with E-state index in [4.69, 9.17) is 5.73 Å². The minimum atomic E-state index is 0.503.